The van der Waals surface area contributed by atoms with Gasteiger partial charge in [-0.05, 0) is 45.9 Å². The number of halogens is 1. The van der Waals surface area contributed by atoms with E-state index in [9.17, 15) is 0 Å². The average Bonchev–Trinajstić information content (AvgIpc) is 3.56. The van der Waals surface area contributed by atoms with Crippen molar-refractivity contribution in [2.24, 2.45) is 4.99 Å². The van der Waals surface area contributed by atoms with Gasteiger partial charge in [-0.2, -0.15) is 0 Å². The molecule has 1 aliphatic carbocycles. The lowest BCUT2D eigenvalue weighted by Gasteiger charge is -2.38. The number of guanidine groups is 1. The zero-order valence-electron chi connectivity index (χ0n) is 17.7. The molecule has 7 heteroatoms. The van der Waals surface area contributed by atoms with Gasteiger partial charge < -0.3 is 19.9 Å². The Morgan fingerprint density at radius 2 is 2.00 bits per heavy atom. The van der Waals surface area contributed by atoms with Gasteiger partial charge in [0.05, 0.1) is 13.7 Å². The van der Waals surface area contributed by atoms with E-state index < -0.39 is 0 Å². The van der Waals surface area contributed by atoms with Crippen molar-refractivity contribution in [3.05, 3.63) is 24.3 Å². The molecule has 1 atom stereocenters. The summed E-state index contributed by atoms with van der Waals surface area (Å²) in [4.78, 5) is 12.2. The van der Waals surface area contributed by atoms with Crippen LogP contribution in [0.1, 0.15) is 26.7 Å². The van der Waals surface area contributed by atoms with Crippen molar-refractivity contribution in [1.82, 2.24) is 15.1 Å². The summed E-state index contributed by atoms with van der Waals surface area (Å²) in [5.74, 6) is 1.97. The van der Waals surface area contributed by atoms with Crippen molar-refractivity contribution in [1.29, 1.82) is 0 Å². The summed E-state index contributed by atoms with van der Waals surface area (Å²) in [7, 11) is 3.95. The number of anilines is 1. The molecule has 1 saturated carbocycles. The Labute approximate surface area is 187 Å². The van der Waals surface area contributed by atoms with E-state index >= 15 is 0 Å². The summed E-state index contributed by atoms with van der Waals surface area (Å²) in [6.07, 6.45) is 2.69. The zero-order chi connectivity index (χ0) is 19.2. The van der Waals surface area contributed by atoms with E-state index in [4.69, 9.17) is 9.73 Å². The van der Waals surface area contributed by atoms with Gasteiger partial charge in [0.2, 0.25) is 0 Å². The zero-order valence-corrected chi connectivity index (χ0v) is 20.1. The fourth-order valence-corrected chi connectivity index (χ4v) is 3.60. The first-order valence-corrected chi connectivity index (χ1v) is 10.3. The van der Waals surface area contributed by atoms with Crippen molar-refractivity contribution < 1.29 is 4.74 Å². The summed E-state index contributed by atoms with van der Waals surface area (Å²) >= 11 is 0. The normalized spacial score (nSPS) is 18.7. The Morgan fingerprint density at radius 1 is 1.29 bits per heavy atom. The maximum absolute atomic E-state index is 5.36. The fourth-order valence-electron chi connectivity index (χ4n) is 3.60. The van der Waals surface area contributed by atoms with Gasteiger partial charge in [0.1, 0.15) is 5.75 Å². The van der Waals surface area contributed by atoms with Crippen LogP contribution >= 0.6 is 24.0 Å². The minimum Gasteiger partial charge on any atom is -0.497 e. The van der Waals surface area contributed by atoms with E-state index in [1.165, 1.54) is 18.5 Å². The van der Waals surface area contributed by atoms with E-state index in [0.717, 1.165) is 57.0 Å². The van der Waals surface area contributed by atoms with Gasteiger partial charge in [-0.25, -0.2) is 0 Å². The largest absolute Gasteiger partial charge is 0.497 e. The van der Waals surface area contributed by atoms with E-state index in [-0.39, 0.29) is 24.0 Å². The summed E-state index contributed by atoms with van der Waals surface area (Å²) in [5.41, 5.74) is 1.23. The molecule has 1 heterocycles. The lowest BCUT2D eigenvalue weighted by Crippen LogP contribution is -2.52. The van der Waals surface area contributed by atoms with E-state index in [1.54, 1.807) is 7.11 Å². The first-order valence-electron chi connectivity index (χ1n) is 10.3. The number of benzene rings is 1. The molecule has 0 bridgehead atoms. The highest BCUT2D eigenvalue weighted by atomic mass is 127. The first kappa shape index (κ1) is 23.1. The van der Waals surface area contributed by atoms with E-state index in [1.807, 2.05) is 6.07 Å². The third-order valence-corrected chi connectivity index (χ3v) is 5.66. The first-order chi connectivity index (χ1) is 13.1. The Balaban J connectivity index is 0.00000280. The standard InChI is InChI=1S/C21H35N5O.HI/c1-5-22-21(23-16-17(2)24(3)18-9-10-18)26-13-11-25(12-14-26)19-7-6-8-20(15-19)27-4;/h6-8,15,17-18H,5,9-14,16H2,1-4H3,(H,22,23);1H. The van der Waals surface area contributed by atoms with Gasteiger partial charge in [-0.1, -0.05) is 6.07 Å². The average molecular weight is 501 g/mol. The quantitative estimate of drug-likeness (QED) is 0.354. The third kappa shape index (κ3) is 6.14. The Hall–Kier alpha value is -1.22. The second kappa shape index (κ2) is 11.1. The minimum absolute atomic E-state index is 0. The lowest BCUT2D eigenvalue weighted by atomic mass is 10.2. The SMILES string of the molecule is CCNC(=NCC(C)N(C)C1CC1)N1CCN(c2cccc(OC)c2)CC1.I. The van der Waals surface area contributed by atoms with Crippen molar-refractivity contribution >= 4 is 35.6 Å². The van der Waals surface area contributed by atoms with Crippen LogP contribution in [0.3, 0.4) is 0 Å². The van der Waals surface area contributed by atoms with Crippen LogP contribution in [0.5, 0.6) is 5.75 Å². The van der Waals surface area contributed by atoms with Crippen LogP contribution in [0, 0.1) is 0 Å². The molecule has 0 amide bonds. The number of rotatable bonds is 7. The molecule has 1 unspecified atom stereocenters. The summed E-state index contributed by atoms with van der Waals surface area (Å²) in [5, 5.41) is 3.48. The number of nitrogens with zero attached hydrogens (tertiary/aromatic N) is 4. The molecule has 3 rings (SSSR count). The van der Waals surface area contributed by atoms with Crippen LogP contribution in [0.4, 0.5) is 5.69 Å². The topological polar surface area (TPSA) is 43.3 Å². The highest BCUT2D eigenvalue weighted by Crippen LogP contribution is 2.27. The van der Waals surface area contributed by atoms with Gasteiger partial charge in [0.15, 0.2) is 5.96 Å². The second-order valence-electron chi connectivity index (χ2n) is 7.62. The van der Waals surface area contributed by atoms with Crippen LogP contribution in [-0.4, -0.2) is 81.3 Å². The monoisotopic (exact) mass is 501 g/mol. The highest BCUT2D eigenvalue weighted by molar-refractivity contribution is 14.0. The molecule has 1 aromatic carbocycles. The molecule has 1 aliphatic heterocycles. The molecule has 2 aliphatic rings. The molecule has 158 valence electrons. The summed E-state index contributed by atoms with van der Waals surface area (Å²) in [6.45, 7) is 10.1. The van der Waals surface area contributed by atoms with E-state index in [2.05, 4.69) is 59.1 Å². The molecule has 0 spiro atoms. The Kier molecular flexibility index (Phi) is 9.14. The van der Waals surface area contributed by atoms with Crippen LogP contribution in [-0.2, 0) is 0 Å². The van der Waals surface area contributed by atoms with Gasteiger partial charge in [-0.3, -0.25) is 9.89 Å². The maximum Gasteiger partial charge on any atom is 0.194 e. The molecule has 6 nitrogen and oxygen atoms in total. The van der Waals surface area contributed by atoms with E-state index in [0.29, 0.717) is 6.04 Å². The molecule has 28 heavy (non-hydrogen) atoms. The molecule has 1 aromatic rings. The fraction of sp³-hybridized carbons (Fsp3) is 0.667. The second-order valence-corrected chi connectivity index (χ2v) is 7.62. The lowest BCUT2D eigenvalue weighted by molar-refractivity contribution is 0.252. The van der Waals surface area contributed by atoms with Crippen LogP contribution in [0.25, 0.3) is 0 Å². The molecular weight excluding hydrogens is 465 g/mol. The molecule has 1 N–H and O–H groups in total. The smallest absolute Gasteiger partial charge is 0.194 e. The number of piperazine rings is 1. The predicted molar refractivity (Wildman–Crippen MR) is 128 cm³/mol. The number of nitrogens with one attached hydrogen (secondary N) is 1. The van der Waals surface area contributed by atoms with Crippen LogP contribution in [0.2, 0.25) is 0 Å². The summed E-state index contributed by atoms with van der Waals surface area (Å²) < 4.78 is 5.36. The molecule has 0 radical (unpaired) electrons. The predicted octanol–water partition coefficient (Wildman–Crippen LogP) is 2.88. The summed E-state index contributed by atoms with van der Waals surface area (Å²) in [6, 6.07) is 9.60. The number of hydrogen-bond acceptors (Lipinski definition) is 4. The maximum atomic E-state index is 5.36. The molecule has 0 aromatic heterocycles. The van der Waals surface area contributed by atoms with Crippen LogP contribution < -0.4 is 15.0 Å². The number of aliphatic imine (C=N–C) groups is 1. The molecular formula is C21H36IN5O. The van der Waals surface area contributed by atoms with Crippen molar-refractivity contribution in [3.8, 4) is 5.75 Å². The van der Waals surface area contributed by atoms with Crippen molar-refractivity contribution in [2.45, 2.75) is 38.8 Å². The highest BCUT2D eigenvalue weighted by Gasteiger charge is 2.29. The van der Waals surface area contributed by atoms with Crippen molar-refractivity contribution in [2.75, 3.05) is 58.3 Å². The number of ether oxygens (including phenoxy) is 1. The van der Waals surface area contributed by atoms with Gasteiger partial charge in [-0.15, -0.1) is 24.0 Å². The Morgan fingerprint density at radius 3 is 2.61 bits per heavy atom. The minimum atomic E-state index is 0. The Bertz CT molecular complexity index is 629. The number of methoxy groups -OCH3 is 1. The number of hydrogen-bond donors (Lipinski definition) is 1. The number of likely N-dealkylation sites (N-methyl/N-ethyl adjacent to an activating group) is 1. The van der Waals surface area contributed by atoms with Gasteiger partial charge in [0.25, 0.3) is 0 Å². The molecule has 2 fully saturated rings. The van der Waals surface area contributed by atoms with Gasteiger partial charge in [0, 0.05) is 56.6 Å². The van der Waals surface area contributed by atoms with Crippen LogP contribution in [0.15, 0.2) is 29.3 Å². The third-order valence-electron chi connectivity index (χ3n) is 5.66. The van der Waals surface area contributed by atoms with Crippen molar-refractivity contribution in [3.63, 3.8) is 0 Å². The van der Waals surface area contributed by atoms with Gasteiger partial charge >= 0.3 is 0 Å². The molecule has 1 saturated heterocycles.